The van der Waals surface area contributed by atoms with Crippen molar-refractivity contribution in [1.82, 2.24) is 0 Å². The molecule has 0 aromatic heterocycles. The zero-order valence-electron chi connectivity index (χ0n) is 3.81. The molecule has 0 aromatic rings. The van der Waals surface area contributed by atoms with Gasteiger partial charge in [0, 0.05) is 0 Å². The molecule has 2 nitrogen and oxygen atoms in total. The Morgan fingerprint density at radius 2 is 0.500 bits per heavy atom. The molecule has 0 atom stereocenters. The molecule has 0 rings (SSSR count). The van der Waals surface area contributed by atoms with E-state index in [9.17, 15) is 0 Å². The fourth-order valence-electron chi connectivity index (χ4n) is 0. The second kappa shape index (κ2) is 96.1. The molecule has 56 valence electrons. The summed E-state index contributed by atoms with van der Waals surface area (Å²) in [7, 11) is 0. The molecule has 0 aliphatic rings. The first-order valence-electron chi connectivity index (χ1n) is 0. The minimum Gasteiger partial charge on any atom is -1.00 e. The third-order valence-electron chi connectivity index (χ3n) is 0. The van der Waals surface area contributed by atoms with E-state index in [0.29, 0.717) is 0 Å². The predicted octanol–water partition coefficient (Wildman–Crippen LogP) is -16.6. The fraction of sp³-hybridized carbons (Fsp3) is 0. The van der Waals surface area contributed by atoms with Crippen LogP contribution in [0.25, 0.3) is 0 Å². The van der Waals surface area contributed by atoms with E-state index in [0.717, 1.165) is 0 Å². The third-order valence-corrected chi connectivity index (χ3v) is 0. The Bertz CT molecular complexity index is 14.0. The summed E-state index contributed by atoms with van der Waals surface area (Å²) in [6.07, 6.45) is 0. The zero-order chi connectivity index (χ0) is 0. The van der Waals surface area contributed by atoms with Gasteiger partial charge in [-0.2, -0.15) is 0 Å². The van der Waals surface area contributed by atoms with Crippen LogP contribution in [0.3, 0.4) is 0 Å². The van der Waals surface area contributed by atoms with Crippen LogP contribution in [-0.2, 0) is 22.4 Å². The largest absolute Gasteiger partial charge is 3.00 e. The minimum absolute atomic E-state index is 0. The molecule has 0 aliphatic carbocycles. The van der Waals surface area contributed by atoms with E-state index < -0.39 is 0 Å². The number of halogens is 4. The Morgan fingerprint density at radius 1 is 0.500 bits per heavy atom. The van der Waals surface area contributed by atoms with Gasteiger partial charge in [0.2, 0.25) is 0 Å². The average molecular weight is 398 g/mol. The molecule has 8 heteroatoms. The summed E-state index contributed by atoms with van der Waals surface area (Å²) >= 11 is 0. The molecule has 8 heavy (non-hydrogen) atoms. The minimum atomic E-state index is 0. The molecule has 0 saturated carbocycles. The summed E-state index contributed by atoms with van der Waals surface area (Å²) in [5.41, 5.74) is 0. The van der Waals surface area contributed by atoms with Gasteiger partial charge in [0.1, 0.15) is 0 Å². The topological polar surface area (TPSA) is 63.0 Å². The van der Waals surface area contributed by atoms with Crippen molar-refractivity contribution >= 4 is 0 Å². The molecule has 4 N–H and O–H groups in total. The summed E-state index contributed by atoms with van der Waals surface area (Å²) in [4.78, 5) is 0. The smallest absolute Gasteiger partial charge is 1.00 e. The van der Waals surface area contributed by atoms with Gasteiger partial charge in [-0.05, 0) is 0 Å². The van der Waals surface area contributed by atoms with Gasteiger partial charge in [-0.15, -0.1) is 0 Å². The monoisotopic (exact) mass is 396 g/mol. The van der Waals surface area contributed by atoms with Gasteiger partial charge >= 0.3 is 51.9 Å². The first-order chi connectivity index (χ1) is 0. The van der Waals surface area contributed by atoms with Crippen LogP contribution in [0.5, 0.6) is 0 Å². The average Bonchev–Trinajstić information content (AvgIpc) is 0. The van der Waals surface area contributed by atoms with Crippen molar-refractivity contribution in [3.63, 3.8) is 0 Å². The molecule has 0 aromatic carbocycles. The summed E-state index contributed by atoms with van der Waals surface area (Å²) in [6, 6.07) is 0. The van der Waals surface area contributed by atoms with E-state index in [4.69, 9.17) is 0 Å². The van der Waals surface area contributed by atoms with Crippen molar-refractivity contribution < 1.29 is 113 Å². The molecule has 0 saturated heterocycles. The van der Waals surface area contributed by atoms with E-state index >= 15 is 0 Å². The zero-order valence-corrected chi connectivity index (χ0v) is 11.0. The second-order valence-electron chi connectivity index (χ2n) is 0. The normalized spacial score (nSPS) is 0. The van der Waals surface area contributed by atoms with Crippen LogP contribution in [0.15, 0.2) is 0 Å². The number of hydrogen-bond acceptors (Lipinski definition) is 0. The Hall–Kier alpha value is 2.82. The van der Waals surface area contributed by atoms with Crippen LogP contribution in [0.2, 0.25) is 0 Å². The summed E-state index contributed by atoms with van der Waals surface area (Å²) in [5, 5.41) is 0. The van der Waals surface area contributed by atoms with Crippen molar-refractivity contribution in [1.29, 1.82) is 0 Å². The Kier molecular flexibility index (Phi) is 1580. The van der Waals surface area contributed by atoms with Crippen molar-refractivity contribution in [3.05, 3.63) is 0 Å². The van der Waals surface area contributed by atoms with E-state index in [-0.39, 0.29) is 113 Å². The van der Waals surface area contributed by atoms with Crippen LogP contribution in [-0.4, -0.2) is 11.0 Å². The maximum Gasteiger partial charge on any atom is 3.00 e. The molecule has 0 unspecified atom stereocenters. The first kappa shape index (κ1) is 131. The Labute approximate surface area is 111 Å². The van der Waals surface area contributed by atoms with Crippen molar-refractivity contribution in [3.8, 4) is 0 Å². The molecule has 0 radical (unpaired) electrons. The van der Waals surface area contributed by atoms with Crippen LogP contribution < -0.4 is 79.2 Å². The van der Waals surface area contributed by atoms with Gasteiger partial charge in [-0.25, -0.2) is 0 Å². The predicted molar refractivity (Wildman–Crippen MR) is 7.23 cm³/mol. The maximum absolute atomic E-state index is 0. The van der Waals surface area contributed by atoms with Gasteiger partial charge in [-0.1, -0.05) is 0 Å². The second-order valence-corrected chi connectivity index (χ2v) is 0. The van der Waals surface area contributed by atoms with Gasteiger partial charge in [0.05, 0.1) is 0 Å². The van der Waals surface area contributed by atoms with Crippen LogP contribution in [0.4, 0.5) is 0 Å². The van der Waals surface area contributed by atoms with Crippen LogP contribution >= 0.6 is 0 Å². The van der Waals surface area contributed by atoms with Crippen molar-refractivity contribution in [2.24, 2.45) is 0 Å². The molecule has 0 heterocycles. The van der Waals surface area contributed by atoms with Gasteiger partial charge in [0.15, 0.2) is 0 Å². The summed E-state index contributed by atoms with van der Waals surface area (Å²) < 4.78 is 0. The first-order valence-corrected chi connectivity index (χ1v) is 0. The van der Waals surface area contributed by atoms with Gasteiger partial charge < -0.3 is 60.6 Å². The van der Waals surface area contributed by atoms with Gasteiger partial charge in [-0.3, -0.25) is 0 Å². The molecule has 0 spiro atoms. The molecule has 0 bridgehead atoms. The maximum atomic E-state index is 0. The van der Waals surface area contributed by atoms with E-state index in [1.807, 2.05) is 0 Å². The number of rotatable bonds is 0. The number of hydrogen-bond donors (Lipinski definition) is 0. The van der Waals surface area contributed by atoms with E-state index in [1.165, 1.54) is 0 Å². The molecule has 0 amide bonds. The third kappa shape index (κ3) is 67.8. The van der Waals surface area contributed by atoms with E-state index in [1.54, 1.807) is 0 Å². The van der Waals surface area contributed by atoms with Gasteiger partial charge in [0.25, 0.3) is 0 Å². The van der Waals surface area contributed by atoms with Crippen LogP contribution in [0.1, 0.15) is 0 Å². The Morgan fingerprint density at radius 3 is 0.500 bits per heavy atom. The quantitative estimate of drug-likeness (QED) is 0.365. The fourth-order valence-corrected chi connectivity index (χ4v) is 0. The molecular formula is H4AuCl4NaO2. The Balaban J connectivity index is 0. The summed E-state index contributed by atoms with van der Waals surface area (Å²) in [5.74, 6) is 0. The molecule has 0 aliphatic heterocycles. The molecular weight excluding hydrogens is 394 g/mol. The van der Waals surface area contributed by atoms with E-state index in [2.05, 4.69) is 0 Å². The van der Waals surface area contributed by atoms with Crippen molar-refractivity contribution in [2.45, 2.75) is 0 Å². The summed E-state index contributed by atoms with van der Waals surface area (Å²) in [6.45, 7) is 0. The molecule has 0 fully saturated rings. The van der Waals surface area contributed by atoms with Crippen LogP contribution in [0, 0.1) is 0 Å². The van der Waals surface area contributed by atoms with Crippen molar-refractivity contribution in [2.75, 3.05) is 0 Å². The standard InChI is InChI=1S/Au.4ClH.Na.2H2O/h;4*1H;;2*1H2/q+3;;;;;+1;;/p-4. The SMILES string of the molecule is O.O.[Au+3].[Cl-].[Cl-].[Cl-].[Cl-].[Na+].